The molecule has 6 heteroatoms. The van der Waals surface area contributed by atoms with Crippen molar-refractivity contribution < 1.29 is 23.5 Å². The maximum atomic E-state index is 12.3. The van der Waals surface area contributed by atoms with E-state index in [4.69, 9.17) is 9.15 Å². The fraction of sp³-hybridized carbons (Fsp3) is 0.0500. The van der Waals surface area contributed by atoms with Crippen LogP contribution in [0, 0.1) is 0 Å². The van der Waals surface area contributed by atoms with Crippen LogP contribution in [0.25, 0.3) is 0 Å². The number of ketones is 1. The lowest BCUT2D eigenvalue weighted by atomic mass is 10.0. The Morgan fingerprint density at radius 3 is 2.19 bits per heavy atom. The molecule has 2 aromatic carbocycles. The summed E-state index contributed by atoms with van der Waals surface area (Å²) in [6.45, 7) is -0.440. The number of hydrogen-bond donors (Lipinski definition) is 1. The van der Waals surface area contributed by atoms with E-state index in [0.717, 1.165) is 0 Å². The molecule has 0 bridgehead atoms. The molecule has 0 saturated carbocycles. The van der Waals surface area contributed by atoms with E-state index >= 15 is 0 Å². The summed E-state index contributed by atoms with van der Waals surface area (Å²) < 4.78 is 9.72. The molecule has 1 aromatic heterocycles. The zero-order valence-corrected chi connectivity index (χ0v) is 13.7. The van der Waals surface area contributed by atoms with Gasteiger partial charge in [0.1, 0.15) is 0 Å². The van der Waals surface area contributed by atoms with Gasteiger partial charge in [-0.2, -0.15) is 0 Å². The smallest absolute Gasteiger partial charge is 0.374 e. The number of nitrogens with one attached hydrogen (secondary N) is 1. The largest absolute Gasteiger partial charge is 0.457 e. The van der Waals surface area contributed by atoms with E-state index in [9.17, 15) is 14.4 Å². The first-order chi connectivity index (χ1) is 12.6. The quantitative estimate of drug-likeness (QED) is 0.545. The van der Waals surface area contributed by atoms with Gasteiger partial charge in [0.2, 0.25) is 5.76 Å². The standard InChI is InChI=1S/C20H15NO5/c22-18(13-26-20(24)17-7-4-12-25-17)21-16-10-8-15(9-11-16)19(23)14-5-2-1-3-6-14/h1-12H,13H2,(H,21,22). The predicted molar refractivity (Wildman–Crippen MR) is 93.9 cm³/mol. The van der Waals surface area contributed by atoms with E-state index in [0.29, 0.717) is 16.8 Å². The van der Waals surface area contributed by atoms with E-state index in [2.05, 4.69) is 5.32 Å². The number of carbonyl (C=O) groups excluding carboxylic acids is 3. The maximum Gasteiger partial charge on any atom is 0.374 e. The number of anilines is 1. The summed E-state index contributed by atoms with van der Waals surface area (Å²) in [6, 6.07) is 18.4. The predicted octanol–water partition coefficient (Wildman–Crippen LogP) is 3.31. The summed E-state index contributed by atoms with van der Waals surface area (Å²) in [7, 11) is 0. The molecule has 0 atom stereocenters. The lowest BCUT2D eigenvalue weighted by Gasteiger charge is -2.07. The topological polar surface area (TPSA) is 85.6 Å². The highest BCUT2D eigenvalue weighted by atomic mass is 16.5. The van der Waals surface area contributed by atoms with Crippen molar-refractivity contribution in [3.63, 3.8) is 0 Å². The van der Waals surface area contributed by atoms with Crippen LogP contribution >= 0.6 is 0 Å². The second-order valence-corrected chi connectivity index (χ2v) is 5.37. The highest BCUT2D eigenvalue weighted by molar-refractivity contribution is 6.09. The molecule has 0 radical (unpaired) electrons. The molecule has 0 spiro atoms. The van der Waals surface area contributed by atoms with Crippen LogP contribution in [0.5, 0.6) is 0 Å². The van der Waals surface area contributed by atoms with Crippen molar-refractivity contribution >= 4 is 23.3 Å². The van der Waals surface area contributed by atoms with Gasteiger partial charge in [0, 0.05) is 16.8 Å². The highest BCUT2D eigenvalue weighted by Crippen LogP contribution is 2.14. The number of ether oxygens (including phenoxy) is 1. The van der Waals surface area contributed by atoms with Crippen LogP contribution in [0.1, 0.15) is 26.5 Å². The summed E-state index contributed by atoms with van der Waals surface area (Å²) in [6.07, 6.45) is 1.34. The normalized spacial score (nSPS) is 10.2. The molecule has 3 aromatic rings. The zero-order valence-electron chi connectivity index (χ0n) is 13.7. The van der Waals surface area contributed by atoms with E-state index in [-0.39, 0.29) is 11.5 Å². The Labute approximate surface area is 149 Å². The summed E-state index contributed by atoms with van der Waals surface area (Å²) >= 11 is 0. The Morgan fingerprint density at radius 2 is 1.54 bits per heavy atom. The van der Waals surface area contributed by atoms with Crippen LogP contribution in [0.3, 0.4) is 0 Å². The van der Waals surface area contributed by atoms with Gasteiger partial charge in [-0.1, -0.05) is 30.3 Å². The molecular weight excluding hydrogens is 334 g/mol. The van der Waals surface area contributed by atoms with Crippen LogP contribution in [0.4, 0.5) is 5.69 Å². The van der Waals surface area contributed by atoms with Gasteiger partial charge in [-0.05, 0) is 36.4 Å². The molecule has 0 saturated heterocycles. The zero-order chi connectivity index (χ0) is 18.4. The fourth-order valence-corrected chi connectivity index (χ4v) is 2.26. The van der Waals surface area contributed by atoms with Gasteiger partial charge < -0.3 is 14.5 Å². The van der Waals surface area contributed by atoms with Gasteiger partial charge in [0.15, 0.2) is 12.4 Å². The van der Waals surface area contributed by atoms with Gasteiger partial charge >= 0.3 is 5.97 Å². The third kappa shape index (κ3) is 4.24. The number of rotatable bonds is 6. The molecule has 26 heavy (non-hydrogen) atoms. The summed E-state index contributed by atoms with van der Waals surface area (Å²) in [5.74, 6) is -1.28. The van der Waals surface area contributed by atoms with Crippen LogP contribution in [0.15, 0.2) is 77.4 Å². The summed E-state index contributed by atoms with van der Waals surface area (Å²) in [4.78, 5) is 35.7. The van der Waals surface area contributed by atoms with Crippen LogP contribution in [-0.4, -0.2) is 24.3 Å². The average molecular weight is 349 g/mol. The second kappa shape index (κ2) is 7.94. The van der Waals surface area contributed by atoms with E-state index in [1.54, 1.807) is 54.6 Å². The number of furan rings is 1. The maximum absolute atomic E-state index is 12.3. The van der Waals surface area contributed by atoms with Crippen molar-refractivity contribution in [1.82, 2.24) is 0 Å². The Hall–Kier alpha value is -3.67. The Kier molecular flexibility index (Phi) is 5.24. The lowest BCUT2D eigenvalue weighted by Crippen LogP contribution is -2.20. The minimum Gasteiger partial charge on any atom is -0.457 e. The molecule has 6 nitrogen and oxygen atoms in total. The fourth-order valence-electron chi connectivity index (χ4n) is 2.26. The molecule has 0 fully saturated rings. The summed E-state index contributed by atoms with van der Waals surface area (Å²) in [5.41, 5.74) is 1.60. The monoisotopic (exact) mass is 349 g/mol. The van der Waals surface area contributed by atoms with Crippen molar-refractivity contribution in [2.45, 2.75) is 0 Å². The molecule has 0 unspecified atom stereocenters. The number of hydrogen-bond acceptors (Lipinski definition) is 5. The number of esters is 1. The molecule has 1 amide bonds. The van der Waals surface area contributed by atoms with Gasteiger partial charge in [0.25, 0.3) is 5.91 Å². The van der Waals surface area contributed by atoms with E-state index < -0.39 is 18.5 Å². The van der Waals surface area contributed by atoms with Crippen LogP contribution < -0.4 is 5.32 Å². The minimum atomic E-state index is -0.714. The Balaban J connectivity index is 1.54. The SMILES string of the molecule is O=C(COC(=O)c1ccco1)Nc1ccc(C(=O)c2ccccc2)cc1. The molecule has 1 heterocycles. The molecule has 1 N–H and O–H groups in total. The third-order valence-corrected chi connectivity index (χ3v) is 3.52. The van der Waals surface area contributed by atoms with Crippen molar-refractivity contribution in [3.8, 4) is 0 Å². The first-order valence-electron chi connectivity index (χ1n) is 7.84. The van der Waals surface area contributed by atoms with Gasteiger partial charge in [0.05, 0.1) is 6.26 Å². The molecule has 0 aliphatic heterocycles. The molecular formula is C20H15NO5. The van der Waals surface area contributed by atoms with Crippen LogP contribution in [-0.2, 0) is 9.53 Å². The third-order valence-electron chi connectivity index (χ3n) is 3.52. The number of amides is 1. The summed E-state index contributed by atoms with van der Waals surface area (Å²) in [5, 5.41) is 2.59. The van der Waals surface area contributed by atoms with Crippen molar-refractivity contribution in [3.05, 3.63) is 89.9 Å². The first kappa shape index (κ1) is 17.2. The van der Waals surface area contributed by atoms with E-state index in [1.807, 2.05) is 6.07 Å². The second-order valence-electron chi connectivity index (χ2n) is 5.37. The van der Waals surface area contributed by atoms with Crippen molar-refractivity contribution in [2.75, 3.05) is 11.9 Å². The van der Waals surface area contributed by atoms with E-state index in [1.165, 1.54) is 12.3 Å². The average Bonchev–Trinajstić information content (AvgIpc) is 3.22. The van der Waals surface area contributed by atoms with Gasteiger partial charge in [-0.15, -0.1) is 0 Å². The Bertz CT molecular complexity index is 899. The van der Waals surface area contributed by atoms with Crippen LogP contribution in [0.2, 0.25) is 0 Å². The number of carbonyl (C=O) groups is 3. The number of benzene rings is 2. The molecule has 130 valence electrons. The first-order valence-corrected chi connectivity index (χ1v) is 7.84. The minimum absolute atomic E-state index is 0.0292. The van der Waals surface area contributed by atoms with Gasteiger partial charge in [-0.3, -0.25) is 9.59 Å². The molecule has 0 aliphatic rings. The van der Waals surface area contributed by atoms with Gasteiger partial charge in [-0.25, -0.2) is 4.79 Å². The molecule has 0 aliphatic carbocycles. The Morgan fingerprint density at radius 1 is 0.846 bits per heavy atom. The van der Waals surface area contributed by atoms with Crippen molar-refractivity contribution in [2.24, 2.45) is 0 Å². The van der Waals surface area contributed by atoms with Crippen molar-refractivity contribution in [1.29, 1.82) is 0 Å². The molecule has 3 rings (SSSR count). The highest BCUT2D eigenvalue weighted by Gasteiger charge is 2.13. The lowest BCUT2D eigenvalue weighted by molar-refractivity contribution is -0.119.